The van der Waals surface area contributed by atoms with Gasteiger partial charge in [0.15, 0.2) is 0 Å². The number of halogens is 3. The zero-order chi connectivity index (χ0) is 20.4. The van der Waals surface area contributed by atoms with Gasteiger partial charge in [0.25, 0.3) is 0 Å². The van der Waals surface area contributed by atoms with Gasteiger partial charge in [0.05, 0.1) is 12.6 Å². The standard InChI is InChI=1S/C20H21Cl3N2O2S/c1-3-24(20(27)12(2)21)11-18(26)25-8-6-17-15(7-9-28-17)19(25)14-5-4-13(22)10-16(14)23/h4-5,7,9-10,12,19H,3,6,8,11H2,1-2H3. The first-order valence-electron chi connectivity index (χ1n) is 9.07. The SMILES string of the molecule is CCN(CC(=O)N1CCc2sccc2C1c1ccc(Cl)cc1Cl)C(=O)C(C)Cl. The Morgan fingerprint density at radius 3 is 2.68 bits per heavy atom. The van der Waals surface area contributed by atoms with Gasteiger partial charge in [0.1, 0.15) is 5.38 Å². The molecule has 0 saturated heterocycles. The maximum absolute atomic E-state index is 13.2. The van der Waals surface area contributed by atoms with Gasteiger partial charge >= 0.3 is 0 Å². The second-order valence-electron chi connectivity index (χ2n) is 6.67. The topological polar surface area (TPSA) is 40.6 Å². The molecule has 2 unspecified atom stereocenters. The number of benzene rings is 1. The lowest BCUT2D eigenvalue weighted by Gasteiger charge is -2.38. The van der Waals surface area contributed by atoms with Crippen LogP contribution in [0.15, 0.2) is 29.6 Å². The van der Waals surface area contributed by atoms with Gasteiger partial charge in [-0.25, -0.2) is 0 Å². The molecule has 8 heteroatoms. The molecule has 0 bridgehead atoms. The molecule has 2 atom stereocenters. The van der Waals surface area contributed by atoms with Gasteiger partial charge < -0.3 is 9.80 Å². The summed E-state index contributed by atoms with van der Waals surface area (Å²) < 4.78 is 0. The third-order valence-corrected chi connectivity index (χ3v) is 6.65. The molecule has 0 fully saturated rings. The minimum absolute atomic E-state index is 0.00638. The number of thiophene rings is 1. The van der Waals surface area contributed by atoms with Gasteiger partial charge in [-0.2, -0.15) is 0 Å². The number of rotatable bonds is 5. The first-order valence-corrected chi connectivity index (χ1v) is 11.1. The lowest BCUT2D eigenvalue weighted by atomic mass is 9.93. The summed E-state index contributed by atoms with van der Waals surface area (Å²) in [4.78, 5) is 30.0. The van der Waals surface area contributed by atoms with Gasteiger partial charge in [0, 0.05) is 28.0 Å². The highest BCUT2D eigenvalue weighted by atomic mass is 35.5. The number of carbonyl (C=O) groups excluding carboxylic acids is 2. The molecule has 2 amide bonds. The Morgan fingerprint density at radius 2 is 2.04 bits per heavy atom. The molecule has 0 radical (unpaired) electrons. The molecular weight excluding hydrogens is 439 g/mol. The van der Waals surface area contributed by atoms with E-state index in [-0.39, 0.29) is 24.4 Å². The molecule has 0 spiro atoms. The predicted octanol–water partition coefficient (Wildman–Crippen LogP) is 5.00. The second-order valence-corrected chi connectivity index (χ2v) is 9.17. The van der Waals surface area contributed by atoms with Crippen molar-refractivity contribution in [2.75, 3.05) is 19.6 Å². The van der Waals surface area contributed by atoms with Crippen LogP contribution in [0, 0.1) is 0 Å². The summed E-state index contributed by atoms with van der Waals surface area (Å²) >= 11 is 20.2. The van der Waals surface area contributed by atoms with Gasteiger partial charge in [0.2, 0.25) is 11.8 Å². The van der Waals surface area contributed by atoms with E-state index in [1.165, 1.54) is 9.78 Å². The quantitative estimate of drug-likeness (QED) is 0.590. The molecular formula is C20H21Cl3N2O2S. The van der Waals surface area contributed by atoms with E-state index in [1.54, 1.807) is 35.3 Å². The van der Waals surface area contributed by atoms with Crippen molar-refractivity contribution in [1.82, 2.24) is 9.80 Å². The molecule has 1 aromatic carbocycles. The smallest absolute Gasteiger partial charge is 0.242 e. The van der Waals surface area contributed by atoms with Crippen molar-refractivity contribution in [2.45, 2.75) is 31.7 Å². The van der Waals surface area contributed by atoms with Crippen LogP contribution >= 0.6 is 46.1 Å². The maximum Gasteiger partial charge on any atom is 0.242 e. The van der Waals surface area contributed by atoms with E-state index < -0.39 is 5.38 Å². The minimum atomic E-state index is -0.668. The van der Waals surface area contributed by atoms with Crippen molar-refractivity contribution in [3.8, 4) is 0 Å². The van der Waals surface area contributed by atoms with Crippen molar-refractivity contribution in [3.05, 3.63) is 55.7 Å². The molecule has 1 aromatic heterocycles. The van der Waals surface area contributed by atoms with Crippen molar-refractivity contribution in [2.24, 2.45) is 0 Å². The van der Waals surface area contributed by atoms with Crippen LogP contribution in [0.3, 0.4) is 0 Å². The number of likely N-dealkylation sites (N-methyl/N-ethyl adjacent to an activating group) is 1. The third-order valence-electron chi connectivity index (χ3n) is 4.90. The van der Waals surface area contributed by atoms with Gasteiger partial charge in [-0.05, 0) is 55.0 Å². The van der Waals surface area contributed by atoms with Crippen molar-refractivity contribution >= 4 is 58.0 Å². The molecule has 28 heavy (non-hydrogen) atoms. The zero-order valence-corrected chi connectivity index (χ0v) is 18.7. The third kappa shape index (κ3) is 4.33. The number of alkyl halides is 1. The van der Waals surface area contributed by atoms with E-state index in [0.717, 1.165) is 17.5 Å². The number of nitrogens with zero attached hydrogens (tertiary/aromatic N) is 2. The molecule has 1 aliphatic heterocycles. The summed E-state index contributed by atoms with van der Waals surface area (Å²) in [5.74, 6) is -0.368. The fraction of sp³-hybridized carbons (Fsp3) is 0.400. The monoisotopic (exact) mass is 458 g/mol. The molecule has 0 saturated carbocycles. The number of amides is 2. The van der Waals surface area contributed by atoms with E-state index in [1.807, 2.05) is 24.4 Å². The molecule has 2 heterocycles. The fourth-order valence-corrected chi connectivity index (χ4v) is 5.05. The Labute approximate surface area is 184 Å². The lowest BCUT2D eigenvalue weighted by molar-refractivity contribution is -0.141. The molecule has 3 rings (SSSR count). The Balaban J connectivity index is 1.94. The van der Waals surface area contributed by atoms with Crippen LogP contribution in [0.25, 0.3) is 0 Å². The van der Waals surface area contributed by atoms with Crippen LogP contribution in [0.1, 0.15) is 35.9 Å². The van der Waals surface area contributed by atoms with Crippen molar-refractivity contribution in [3.63, 3.8) is 0 Å². The molecule has 1 aliphatic rings. The predicted molar refractivity (Wildman–Crippen MR) is 116 cm³/mol. The Kier molecular flexibility index (Phi) is 6.92. The van der Waals surface area contributed by atoms with Gasteiger partial charge in [-0.15, -0.1) is 22.9 Å². The average Bonchev–Trinajstić information content (AvgIpc) is 3.13. The Morgan fingerprint density at radius 1 is 1.29 bits per heavy atom. The van der Waals surface area contributed by atoms with Crippen LogP contribution in [0.5, 0.6) is 0 Å². The number of fused-ring (bicyclic) bond motifs is 1. The van der Waals surface area contributed by atoms with E-state index >= 15 is 0 Å². The Bertz CT molecular complexity index is 884. The van der Waals surface area contributed by atoms with E-state index in [2.05, 4.69) is 0 Å². The van der Waals surface area contributed by atoms with E-state index in [4.69, 9.17) is 34.8 Å². The maximum atomic E-state index is 13.2. The highest BCUT2D eigenvalue weighted by Crippen LogP contribution is 2.41. The average molecular weight is 460 g/mol. The summed E-state index contributed by atoms with van der Waals surface area (Å²) in [6.07, 6.45) is 0.784. The van der Waals surface area contributed by atoms with E-state index in [9.17, 15) is 9.59 Å². The zero-order valence-electron chi connectivity index (χ0n) is 15.6. The Hall–Kier alpha value is -1.27. The van der Waals surface area contributed by atoms with Gasteiger partial charge in [-0.3, -0.25) is 9.59 Å². The van der Waals surface area contributed by atoms with Crippen LogP contribution < -0.4 is 0 Å². The van der Waals surface area contributed by atoms with Crippen LogP contribution in [-0.2, 0) is 16.0 Å². The molecule has 4 nitrogen and oxygen atoms in total. The first kappa shape index (κ1) is 21.4. The highest BCUT2D eigenvalue weighted by Gasteiger charge is 2.35. The molecule has 0 N–H and O–H groups in total. The highest BCUT2D eigenvalue weighted by molar-refractivity contribution is 7.10. The summed E-state index contributed by atoms with van der Waals surface area (Å²) in [6.45, 7) is 4.44. The second kappa shape index (κ2) is 9.04. The summed E-state index contributed by atoms with van der Waals surface area (Å²) in [5, 5.41) is 2.44. The lowest BCUT2D eigenvalue weighted by Crippen LogP contribution is -2.47. The van der Waals surface area contributed by atoms with Crippen molar-refractivity contribution < 1.29 is 9.59 Å². The largest absolute Gasteiger partial charge is 0.332 e. The first-order chi connectivity index (χ1) is 13.3. The minimum Gasteiger partial charge on any atom is -0.332 e. The van der Waals surface area contributed by atoms with Crippen LogP contribution in [0.2, 0.25) is 10.0 Å². The van der Waals surface area contributed by atoms with Crippen LogP contribution in [-0.4, -0.2) is 46.6 Å². The summed E-state index contributed by atoms with van der Waals surface area (Å²) in [6, 6.07) is 7.08. The molecule has 2 aromatic rings. The van der Waals surface area contributed by atoms with Gasteiger partial charge in [-0.1, -0.05) is 29.3 Å². The van der Waals surface area contributed by atoms with E-state index in [0.29, 0.717) is 23.1 Å². The summed E-state index contributed by atoms with van der Waals surface area (Å²) in [7, 11) is 0. The summed E-state index contributed by atoms with van der Waals surface area (Å²) in [5.41, 5.74) is 1.91. The number of hydrogen-bond donors (Lipinski definition) is 0. The molecule has 0 aliphatic carbocycles. The normalized spacial score (nSPS) is 17.2. The molecule has 150 valence electrons. The number of carbonyl (C=O) groups is 2. The van der Waals surface area contributed by atoms with Crippen molar-refractivity contribution in [1.29, 1.82) is 0 Å². The number of hydrogen-bond acceptors (Lipinski definition) is 3. The van der Waals surface area contributed by atoms with Crippen LogP contribution in [0.4, 0.5) is 0 Å². The fourth-order valence-electron chi connectivity index (χ4n) is 3.49.